The number of anilines is 2. The van der Waals surface area contributed by atoms with Crippen molar-refractivity contribution in [2.45, 2.75) is 19.8 Å². The number of hydrogen-bond acceptors (Lipinski definition) is 4. The van der Waals surface area contributed by atoms with E-state index in [1.54, 1.807) is 37.3 Å². The summed E-state index contributed by atoms with van der Waals surface area (Å²) in [6.45, 7) is 2.12. The van der Waals surface area contributed by atoms with E-state index in [4.69, 9.17) is 16.3 Å². The molecule has 1 heterocycles. The Hall–Kier alpha value is -2.25. The second-order valence-electron chi connectivity index (χ2n) is 6.22. The predicted molar refractivity (Wildman–Crippen MR) is 108 cm³/mol. The van der Waals surface area contributed by atoms with E-state index in [9.17, 15) is 13.2 Å². The summed E-state index contributed by atoms with van der Waals surface area (Å²) in [7, 11) is -1.82. The number of halogens is 1. The largest absolute Gasteiger partial charge is 0.496 e. The second-order valence-corrected chi connectivity index (χ2v) is 8.84. The van der Waals surface area contributed by atoms with Crippen LogP contribution in [0.25, 0.3) is 0 Å². The van der Waals surface area contributed by atoms with E-state index in [0.29, 0.717) is 34.3 Å². The molecule has 2 aromatic rings. The average Bonchev–Trinajstić information content (AvgIpc) is 2.67. The van der Waals surface area contributed by atoms with Crippen molar-refractivity contribution >= 4 is 38.9 Å². The number of hydrogen-bond donors (Lipinski definition) is 1. The van der Waals surface area contributed by atoms with Crippen molar-refractivity contribution in [1.29, 1.82) is 0 Å². The lowest BCUT2D eigenvalue weighted by Crippen LogP contribution is -2.36. The molecule has 2 aromatic carbocycles. The first-order valence-corrected chi connectivity index (χ1v) is 10.6. The molecule has 144 valence electrons. The van der Waals surface area contributed by atoms with Crippen LogP contribution in [0.4, 0.5) is 11.4 Å². The minimum Gasteiger partial charge on any atom is -0.496 e. The first-order valence-electron chi connectivity index (χ1n) is 8.64. The van der Waals surface area contributed by atoms with E-state index in [2.05, 4.69) is 5.32 Å². The Balaban J connectivity index is 1.88. The third-order valence-corrected chi connectivity index (χ3v) is 6.54. The van der Waals surface area contributed by atoms with E-state index in [1.807, 2.05) is 6.07 Å². The molecule has 0 saturated carbocycles. The lowest BCUT2D eigenvalue weighted by Gasteiger charge is -2.30. The van der Waals surface area contributed by atoms with Crippen molar-refractivity contribution in [2.75, 3.05) is 29.0 Å². The van der Waals surface area contributed by atoms with Crippen LogP contribution in [-0.4, -0.2) is 33.7 Å². The molecule has 0 radical (unpaired) electrons. The number of fused-ring (bicyclic) bond motifs is 1. The molecule has 8 heteroatoms. The molecule has 0 saturated heterocycles. The summed E-state index contributed by atoms with van der Waals surface area (Å²) in [5, 5.41) is 3.27. The van der Waals surface area contributed by atoms with Gasteiger partial charge in [0.15, 0.2) is 0 Å². The first kappa shape index (κ1) is 19.5. The molecule has 0 bridgehead atoms. The summed E-state index contributed by atoms with van der Waals surface area (Å²) in [6.07, 6.45) is 1.50. The van der Waals surface area contributed by atoms with Crippen LogP contribution >= 0.6 is 11.6 Å². The second kappa shape index (κ2) is 7.78. The van der Waals surface area contributed by atoms with Crippen molar-refractivity contribution in [2.24, 2.45) is 0 Å². The summed E-state index contributed by atoms with van der Waals surface area (Å²) in [5.41, 5.74) is 2.50. The Morgan fingerprint density at radius 2 is 2.04 bits per heavy atom. The van der Waals surface area contributed by atoms with E-state index in [1.165, 1.54) is 11.4 Å². The maximum atomic E-state index is 12.6. The van der Waals surface area contributed by atoms with Gasteiger partial charge in [0, 0.05) is 17.3 Å². The standard InChI is InChI=1S/C19H21ClN2O4S/c1-3-27(24,25)22-10-4-5-13-11-15(7-8-17(13)22)21-19(23)16-12-14(20)6-9-18(16)26-2/h6-9,11-12H,3-5,10H2,1-2H3,(H,21,23). The van der Waals surface area contributed by atoms with E-state index >= 15 is 0 Å². The molecule has 0 fully saturated rings. The molecule has 0 spiro atoms. The number of benzene rings is 2. The number of carbonyl (C=O) groups excluding carboxylic acids is 1. The zero-order valence-electron chi connectivity index (χ0n) is 15.2. The monoisotopic (exact) mass is 408 g/mol. The Morgan fingerprint density at radius 3 is 2.74 bits per heavy atom. The van der Waals surface area contributed by atoms with Crippen LogP contribution in [0.1, 0.15) is 29.3 Å². The third-order valence-electron chi connectivity index (χ3n) is 4.52. The maximum Gasteiger partial charge on any atom is 0.259 e. The highest BCUT2D eigenvalue weighted by molar-refractivity contribution is 7.92. The minimum atomic E-state index is -3.31. The Kier molecular flexibility index (Phi) is 5.62. The normalized spacial score (nSPS) is 13.8. The number of ether oxygens (including phenoxy) is 1. The fourth-order valence-corrected chi connectivity index (χ4v) is 4.51. The molecule has 1 amide bonds. The van der Waals surface area contributed by atoms with Gasteiger partial charge < -0.3 is 10.1 Å². The highest BCUT2D eigenvalue weighted by Gasteiger charge is 2.26. The molecule has 1 N–H and O–H groups in total. The molecule has 0 aromatic heterocycles. The van der Waals surface area contributed by atoms with E-state index in [0.717, 1.165) is 18.4 Å². The molecule has 27 heavy (non-hydrogen) atoms. The van der Waals surface area contributed by atoms with Gasteiger partial charge in [-0.25, -0.2) is 8.42 Å². The maximum absolute atomic E-state index is 12.6. The van der Waals surface area contributed by atoms with Crippen LogP contribution < -0.4 is 14.4 Å². The summed E-state index contributed by atoms with van der Waals surface area (Å²) >= 11 is 5.99. The van der Waals surface area contributed by atoms with Crippen molar-refractivity contribution in [3.05, 3.63) is 52.5 Å². The highest BCUT2D eigenvalue weighted by atomic mass is 35.5. The Labute approximate surface area is 164 Å². The van der Waals surface area contributed by atoms with E-state index in [-0.39, 0.29) is 11.7 Å². The quantitative estimate of drug-likeness (QED) is 0.818. The molecule has 6 nitrogen and oxygen atoms in total. The fourth-order valence-electron chi connectivity index (χ4n) is 3.14. The van der Waals surface area contributed by atoms with Gasteiger partial charge in [0.1, 0.15) is 5.75 Å². The minimum absolute atomic E-state index is 0.0550. The van der Waals surface area contributed by atoms with Crippen LogP contribution in [0.2, 0.25) is 5.02 Å². The highest BCUT2D eigenvalue weighted by Crippen LogP contribution is 2.32. The van der Waals surface area contributed by atoms with Crippen molar-refractivity contribution in [1.82, 2.24) is 0 Å². The van der Waals surface area contributed by atoms with Gasteiger partial charge >= 0.3 is 0 Å². The SMILES string of the molecule is CCS(=O)(=O)N1CCCc2cc(NC(=O)c3cc(Cl)ccc3OC)ccc21. The molecule has 1 aliphatic heterocycles. The van der Waals surface area contributed by atoms with Crippen molar-refractivity contribution < 1.29 is 17.9 Å². The van der Waals surface area contributed by atoms with Crippen LogP contribution in [0.15, 0.2) is 36.4 Å². The smallest absolute Gasteiger partial charge is 0.259 e. The van der Waals surface area contributed by atoms with Gasteiger partial charge in [-0.2, -0.15) is 0 Å². The average molecular weight is 409 g/mol. The topological polar surface area (TPSA) is 75.7 Å². The molecular weight excluding hydrogens is 388 g/mol. The molecular formula is C19H21ClN2O4S. The number of nitrogens with one attached hydrogen (secondary N) is 1. The van der Waals surface area contributed by atoms with Crippen molar-refractivity contribution in [3.63, 3.8) is 0 Å². The first-order chi connectivity index (χ1) is 12.9. The van der Waals surface area contributed by atoms with Crippen molar-refractivity contribution in [3.8, 4) is 5.75 Å². The summed E-state index contributed by atoms with van der Waals surface area (Å²) in [4.78, 5) is 12.6. The van der Waals surface area contributed by atoms with Gasteiger partial charge in [0.25, 0.3) is 5.91 Å². The van der Waals surface area contributed by atoms with Gasteiger partial charge in [0.2, 0.25) is 10.0 Å². The molecule has 3 rings (SSSR count). The van der Waals surface area contributed by atoms with Crippen LogP contribution in [0.3, 0.4) is 0 Å². The molecule has 1 aliphatic rings. The van der Waals surface area contributed by atoms with Gasteiger partial charge in [-0.1, -0.05) is 11.6 Å². The summed E-state index contributed by atoms with van der Waals surface area (Å²) in [6, 6.07) is 10.1. The molecule has 0 unspecified atom stereocenters. The fraction of sp³-hybridized carbons (Fsp3) is 0.316. The lowest BCUT2D eigenvalue weighted by atomic mass is 10.0. The zero-order chi connectivity index (χ0) is 19.6. The number of carbonyl (C=O) groups is 1. The molecule has 0 aliphatic carbocycles. The summed E-state index contributed by atoms with van der Waals surface area (Å²) in [5.74, 6) is 0.137. The van der Waals surface area contributed by atoms with Gasteiger partial charge in [-0.05, 0) is 61.7 Å². The number of sulfonamides is 1. The number of amides is 1. The number of aryl methyl sites for hydroxylation is 1. The van der Waals surface area contributed by atoms with Gasteiger partial charge in [-0.3, -0.25) is 9.10 Å². The van der Waals surface area contributed by atoms with E-state index < -0.39 is 10.0 Å². The van der Waals surface area contributed by atoms with Gasteiger partial charge in [-0.15, -0.1) is 0 Å². The van der Waals surface area contributed by atoms with Crippen LogP contribution in [0.5, 0.6) is 5.75 Å². The lowest BCUT2D eigenvalue weighted by molar-refractivity contribution is 0.102. The zero-order valence-corrected chi connectivity index (χ0v) is 16.7. The third kappa shape index (κ3) is 4.04. The summed E-state index contributed by atoms with van der Waals surface area (Å²) < 4.78 is 31.3. The Morgan fingerprint density at radius 1 is 1.26 bits per heavy atom. The number of methoxy groups -OCH3 is 1. The van der Waals surface area contributed by atoms with Crippen LogP contribution in [0, 0.1) is 0 Å². The van der Waals surface area contributed by atoms with Gasteiger partial charge in [0.05, 0.1) is 24.1 Å². The Bertz CT molecular complexity index is 976. The number of nitrogens with zero attached hydrogens (tertiary/aromatic N) is 1. The number of rotatable bonds is 5. The van der Waals surface area contributed by atoms with Crippen LogP contribution in [-0.2, 0) is 16.4 Å². The predicted octanol–water partition coefficient (Wildman–Crippen LogP) is 3.70. The molecule has 0 atom stereocenters.